The molecule has 1 fully saturated rings. The third kappa shape index (κ3) is 5.03. The number of methoxy groups -OCH3 is 1. The van der Waals surface area contributed by atoms with E-state index in [9.17, 15) is 9.59 Å². The van der Waals surface area contributed by atoms with E-state index in [0.717, 1.165) is 25.9 Å². The molecule has 0 aliphatic carbocycles. The number of anilines is 1. The van der Waals surface area contributed by atoms with Crippen LogP contribution in [0.2, 0.25) is 0 Å². The van der Waals surface area contributed by atoms with Crippen LogP contribution < -0.4 is 14.8 Å². The lowest BCUT2D eigenvalue weighted by molar-refractivity contribution is -0.118. The van der Waals surface area contributed by atoms with Gasteiger partial charge in [0, 0.05) is 24.3 Å². The topological polar surface area (TPSA) is 67.9 Å². The van der Waals surface area contributed by atoms with Crippen LogP contribution in [0.25, 0.3) is 0 Å². The van der Waals surface area contributed by atoms with E-state index in [1.165, 1.54) is 0 Å². The molecule has 1 aliphatic rings. The highest BCUT2D eigenvalue weighted by molar-refractivity contribution is 5.96. The molecule has 1 heterocycles. The Morgan fingerprint density at radius 3 is 2.32 bits per heavy atom. The Morgan fingerprint density at radius 1 is 1.04 bits per heavy atom. The molecular formula is C22H26N2O4. The van der Waals surface area contributed by atoms with Gasteiger partial charge in [-0.3, -0.25) is 9.59 Å². The van der Waals surface area contributed by atoms with Crippen molar-refractivity contribution in [3.63, 3.8) is 0 Å². The summed E-state index contributed by atoms with van der Waals surface area (Å²) in [5.74, 6) is 1.53. The minimum atomic E-state index is -0.282. The fourth-order valence-electron chi connectivity index (χ4n) is 3.17. The molecule has 3 rings (SSSR count). The van der Waals surface area contributed by atoms with Gasteiger partial charge in [-0.15, -0.1) is 0 Å². The fourth-order valence-corrected chi connectivity index (χ4v) is 3.17. The molecule has 28 heavy (non-hydrogen) atoms. The summed E-state index contributed by atoms with van der Waals surface area (Å²) in [6, 6.07) is 14.1. The molecule has 0 spiro atoms. The minimum absolute atomic E-state index is 0.0456. The van der Waals surface area contributed by atoms with E-state index >= 15 is 0 Å². The molecule has 2 aromatic carbocycles. The predicted octanol–water partition coefficient (Wildman–Crippen LogP) is 3.58. The number of carbonyl (C=O) groups excluding carboxylic acids is 2. The van der Waals surface area contributed by atoms with E-state index in [2.05, 4.69) is 12.2 Å². The number of nitrogens with one attached hydrogen (secondary N) is 1. The Labute approximate surface area is 165 Å². The largest absolute Gasteiger partial charge is 0.493 e. The molecule has 0 unspecified atom stereocenters. The van der Waals surface area contributed by atoms with Crippen LogP contribution in [-0.4, -0.2) is 43.5 Å². The van der Waals surface area contributed by atoms with Crippen LogP contribution in [0, 0.1) is 5.92 Å². The molecule has 0 bridgehead atoms. The first-order chi connectivity index (χ1) is 13.6. The van der Waals surface area contributed by atoms with E-state index in [-0.39, 0.29) is 18.4 Å². The van der Waals surface area contributed by atoms with Crippen LogP contribution in [-0.2, 0) is 4.79 Å². The van der Waals surface area contributed by atoms with Crippen molar-refractivity contribution in [2.75, 3.05) is 32.1 Å². The van der Waals surface area contributed by atoms with Crippen molar-refractivity contribution in [2.24, 2.45) is 5.92 Å². The maximum absolute atomic E-state index is 12.6. The molecule has 0 saturated carbocycles. The van der Waals surface area contributed by atoms with Crippen molar-refractivity contribution in [2.45, 2.75) is 19.8 Å². The molecule has 1 N–H and O–H groups in total. The van der Waals surface area contributed by atoms with Gasteiger partial charge in [0.2, 0.25) is 0 Å². The number of likely N-dealkylation sites (tertiary alicyclic amines) is 1. The van der Waals surface area contributed by atoms with Gasteiger partial charge < -0.3 is 19.7 Å². The second kappa shape index (κ2) is 9.26. The minimum Gasteiger partial charge on any atom is -0.493 e. The summed E-state index contributed by atoms with van der Waals surface area (Å²) in [5.41, 5.74) is 1.26. The zero-order valence-electron chi connectivity index (χ0n) is 16.3. The molecule has 0 aromatic heterocycles. The van der Waals surface area contributed by atoms with Gasteiger partial charge in [0.05, 0.1) is 7.11 Å². The van der Waals surface area contributed by atoms with E-state index in [0.29, 0.717) is 28.7 Å². The number of amides is 2. The monoisotopic (exact) mass is 382 g/mol. The van der Waals surface area contributed by atoms with Gasteiger partial charge in [0.15, 0.2) is 18.1 Å². The Kier molecular flexibility index (Phi) is 6.53. The molecule has 6 heteroatoms. The number of carbonyl (C=O) groups is 2. The molecule has 1 saturated heterocycles. The standard InChI is InChI=1S/C22H26N2O4/c1-16-11-13-24(14-12-16)22(26)17-7-9-18(10-8-17)23-21(25)15-28-20-6-4-3-5-19(20)27-2/h3-10,16H,11-15H2,1-2H3,(H,23,25). The van der Waals surface area contributed by atoms with Gasteiger partial charge in [-0.05, 0) is 55.2 Å². The zero-order chi connectivity index (χ0) is 19.9. The first-order valence-electron chi connectivity index (χ1n) is 9.52. The van der Waals surface area contributed by atoms with Gasteiger partial charge >= 0.3 is 0 Å². The third-order valence-electron chi connectivity index (χ3n) is 4.91. The van der Waals surface area contributed by atoms with Crippen LogP contribution in [0.15, 0.2) is 48.5 Å². The number of piperidine rings is 1. The normalized spacial score (nSPS) is 14.4. The lowest BCUT2D eigenvalue weighted by Crippen LogP contribution is -2.37. The second-order valence-corrected chi connectivity index (χ2v) is 7.04. The molecule has 1 aliphatic heterocycles. The number of hydrogen-bond donors (Lipinski definition) is 1. The van der Waals surface area contributed by atoms with Crippen molar-refractivity contribution in [3.05, 3.63) is 54.1 Å². The summed E-state index contributed by atoms with van der Waals surface area (Å²) < 4.78 is 10.7. The van der Waals surface area contributed by atoms with E-state index in [1.54, 1.807) is 43.5 Å². The third-order valence-corrected chi connectivity index (χ3v) is 4.91. The summed E-state index contributed by atoms with van der Waals surface area (Å²) in [7, 11) is 1.55. The van der Waals surface area contributed by atoms with Crippen LogP contribution in [0.3, 0.4) is 0 Å². The quantitative estimate of drug-likeness (QED) is 0.829. The Hall–Kier alpha value is -3.02. The van der Waals surface area contributed by atoms with E-state index in [4.69, 9.17) is 9.47 Å². The van der Waals surface area contributed by atoms with Crippen molar-refractivity contribution < 1.29 is 19.1 Å². The molecule has 0 radical (unpaired) electrons. The highest BCUT2D eigenvalue weighted by atomic mass is 16.5. The number of rotatable bonds is 6. The predicted molar refractivity (Wildman–Crippen MR) is 108 cm³/mol. The smallest absolute Gasteiger partial charge is 0.262 e. The number of para-hydroxylation sites is 2. The average molecular weight is 382 g/mol. The van der Waals surface area contributed by atoms with Crippen molar-refractivity contribution in [3.8, 4) is 11.5 Å². The lowest BCUT2D eigenvalue weighted by atomic mass is 9.98. The molecular weight excluding hydrogens is 356 g/mol. The Bertz CT molecular complexity index is 812. The van der Waals surface area contributed by atoms with Gasteiger partial charge in [-0.25, -0.2) is 0 Å². The van der Waals surface area contributed by atoms with Crippen molar-refractivity contribution in [1.82, 2.24) is 4.90 Å². The molecule has 6 nitrogen and oxygen atoms in total. The van der Waals surface area contributed by atoms with E-state index in [1.807, 2.05) is 17.0 Å². The summed E-state index contributed by atoms with van der Waals surface area (Å²) in [6.07, 6.45) is 2.10. The van der Waals surface area contributed by atoms with Crippen molar-refractivity contribution >= 4 is 17.5 Å². The summed E-state index contributed by atoms with van der Waals surface area (Å²) in [5, 5.41) is 2.77. The average Bonchev–Trinajstić information content (AvgIpc) is 2.73. The number of hydrogen-bond acceptors (Lipinski definition) is 4. The Morgan fingerprint density at radius 2 is 1.68 bits per heavy atom. The molecule has 2 amide bonds. The zero-order valence-corrected chi connectivity index (χ0v) is 16.3. The first kappa shape index (κ1) is 19.7. The number of nitrogens with zero attached hydrogens (tertiary/aromatic N) is 1. The summed E-state index contributed by atoms with van der Waals surface area (Å²) in [4.78, 5) is 26.6. The molecule has 148 valence electrons. The van der Waals surface area contributed by atoms with Crippen LogP contribution >= 0.6 is 0 Å². The van der Waals surface area contributed by atoms with E-state index < -0.39 is 0 Å². The second-order valence-electron chi connectivity index (χ2n) is 7.04. The fraction of sp³-hybridized carbons (Fsp3) is 0.364. The summed E-state index contributed by atoms with van der Waals surface area (Å²) in [6.45, 7) is 3.70. The molecule has 0 atom stereocenters. The van der Waals surface area contributed by atoms with Gasteiger partial charge in [0.1, 0.15) is 0 Å². The van der Waals surface area contributed by atoms with Crippen LogP contribution in [0.5, 0.6) is 11.5 Å². The van der Waals surface area contributed by atoms with Gasteiger partial charge in [-0.1, -0.05) is 19.1 Å². The SMILES string of the molecule is COc1ccccc1OCC(=O)Nc1ccc(C(=O)N2CCC(C)CC2)cc1. The maximum atomic E-state index is 12.6. The first-order valence-corrected chi connectivity index (χ1v) is 9.52. The van der Waals surface area contributed by atoms with Crippen LogP contribution in [0.1, 0.15) is 30.1 Å². The van der Waals surface area contributed by atoms with Crippen LogP contribution in [0.4, 0.5) is 5.69 Å². The van der Waals surface area contributed by atoms with Gasteiger partial charge in [0.25, 0.3) is 11.8 Å². The highest BCUT2D eigenvalue weighted by Crippen LogP contribution is 2.25. The Balaban J connectivity index is 1.52. The number of benzene rings is 2. The number of ether oxygens (including phenoxy) is 2. The lowest BCUT2D eigenvalue weighted by Gasteiger charge is -2.30. The maximum Gasteiger partial charge on any atom is 0.262 e. The van der Waals surface area contributed by atoms with Crippen molar-refractivity contribution in [1.29, 1.82) is 0 Å². The summed E-state index contributed by atoms with van der Waals surface area (Å²) >= 11 is 0. The highest BCUT2D eigenvalue weighted by Gasteiger charge is 2.21. The van der Waals surface area contributed by atoms with Gasteiger partial charge in [-0.2, -0.15) is 0 Å². The molecule has 2 aromatic rings.